The van der Waals surface area contributed by atoms with Crippen LogP contribution in [-0.4, -0.2) is 46.7 Å². The van der Waals surface area contributed by atoms with Crippen molar-refractivity contribution in [1.29, 1.82) is 0 Å². The number of benzene rings is 2. The number of carbonyl (C=O) groups is 1. The average Bonchev–Trinajstić information content (AvgIpc) is 3.57. The molecule has 240 valence electrons. The molecule has 1 aliphatic carbocycles. The van der Waals surface area contributed by atoms with Crippen molar-refractivity contribution in [2.75, 3.05) is 6.54 Å². The Morgan fingerprint density at radius 2 is 1.71 bits per heavy atom. The minimum absolute atomic E-state index is 0.0476. The molecule has 0 spiro atoms. The number of aromatic nitrogens is 1. The number of rotatable bonds is 7. The van der Waals surface area contributed by atoms with Gasteiger partial charge in [-0.1, -0.05) is 30.7 Å². The number of hydrogen-bond acceptors (Lipinski definition) is 4. The van der Waals surface area contributed by atoms with E-state index in [2.05, 4.69) is 28.4 Å². The summed E-state index contributed by atoms with van der Waals surface area (Å²) in [6.45, 7) is 1.36. The average molecular weight is 641 g/mol. The Bertz CT molecular complexity index is 1670. The Balaban J connectivity index is 1.09. The van der Waals surface area contributed by atoms with Crippen LogP contribution in [0.3, 0.4) is 0 Å². The van der Waals surface area contributed by atoms with Crippen molar-refractivity contribution in [3.05, 3.63) is 88.7 Å². The van der Waals surface area contributed by atoms with Gasteiger partial charge < -0.3 is 9.88 Å². The van der Waals surface area contributed by atoms with Gasteiger partial charge >= 0.3 is 6.18 Å². The molecule has 7 rings (SSSR count). The summed E-state index contributed by atoms with van der Waals surface area (Å²) in [6.07, 6.45) is 6.23. The van der Waals surface area contributed by atoms with Crippen LogP contribution in [-0.2, 0) is 40.5 Å². The van der Waals surface area contributed by atoms with Crippen LogP contribution in [0.5, 0.6) is 0 Å². The highest BCUT2D eigenvalue weighted by molar-refractivity contribution is 7.89. The smallest absolute Gasteiger partial charge is 0.349 e. The first-order valence-corrected chi connectivity index (χ1v) is 17.5. The zero-order valence-corrected chi connectivity index (χ0v) is 26.0. The topological polar surface area (TPSA) is 74.6 Å². The minimum Gasteiger partial charge on any atom is -0.349 e. The number of carbonyl (C=O) groups excluding carboxylic acids is 1. The molecule has 1 N–H and O–H groups in total. The molecular weight excluding hydrogens is 601 g/mol. The lowest BCUT2D eigenvalue weighted by molar-refractivity contribution is -0.137. The van der Waals surface area contributed by atoms with Crippen LogP contribution in [0.4, 0.5) is 13.2 Å². The van der Waals surface area contributed by atoms with Crippen LogP contribution in [0, 0.1) is 0 Å². The van der Waals surface area contributed by atoms with Gasteiger partial charge in [-0.3, -0.25) is 9.69 Å². The van der Waals surface area contributed by atoms with E-state index in [1.807, 2.05) is 10.8 Å². The summed E-state index contributed by atoms with van der Waals surface area (Å²) in [5, 5.41) is 3.18. The van der Waals surface area contributed by atoms with Gasteiger partial charge in [0.25, 0.3) is 0 Å². The number of hydrogen-bond donors (Lipinski definition) is 1. The third-order valence-corrected chi connectivity index (χ3v) is 12.2. The number of nitrogens with one attached hydrogen (secondary N) is 1. The second-order valence-electron chi connectivity index (χ2n) is 13.0. The zero-order valence-electron chi connectivity index (χ0n) is 25.2. The highest BCUT2D eigenvalue weighted by atomic mass is 32.2. The fourth-order valence-corrected chi connectivity index (χ4v) is 9.78. The van der Waals surface area contributed by atoms with Crippen LogP contribution in [0.1, 0.15) is 91.4 Å². The second kappa shape index (κ2) is 11.9. The SMILES string of the molecule is O=C(CC1c2cccn2CCN1S(=O)(=O)c1cccc(C(F)(F)F)c1)NC1CCCc2cc(CN3C4CCCC3CC4)ccc21. The number of sulfonamides is 1. The van der Waals surface area contributed by atoms with Crippen molar-refractivity contribution in [3.63, 3.8) is 0 Å². The molecule has 3 aliphatic heterocycles. The van der Waals surface area contributed by atoms with E-state index in [0.29, 0.717) is 30.4 Å². The van der Waals surface area contributed by atoms with Crippen LogP contribution >= 0.6 is 0 Å². The molecule has 1 amide bonds. The number of alkyl halides is 3. The van der Waals surface area contributed by atoms with Crippen molar-refractivity contribution in [2.24, 2.45) is 0 Å². The standard InChI is InChI=1S/C34H39F3N4O3S/c35-34(36,37)25-6-2-9-28(20-25)45(43,44)41-18-17-39-16-4-11-31(39)32(41)21-33(42)38-30-10-1-5-24-19-23(12-15-29(24)30)22-40-26-7-3-8-27(40)14-13-26/h2,4,6,9,11-12,15-16,19-20,26-27,30,32H,1,3,5,7-8,10,13-14,17-18,21-22H2,(H,38,42). The highest BCUT2D eigenvalue weighted by Gasteiger charge is 2.40. The van der Waals surface area contributed by atoms with E-state index in [1.54, 1.807) is 12.1 Å². The van der Waals surface area contributed by atoms with E-state index < -0.39 is 32.7 Å². The lowest BCUT2D eigenvalue weighted by atomic mass is 9.86. The summed E-state index contributed by atoms with van der Waals surface area (Å²) in [5.74, 6) is -0.286. The Hall–Kier alpha value is -3.15. The Labute approximate surface area is 262 Å². The van der Waals surface area contributed by atoms with Crippen LogP contribution < -0.4 is 5.32 Å². The van der Waals surface area contributed by atoms with E-state index in [-0.39, 0.29) is 24.9 Å². The van der Waals surface area contributed by atoms with Gasteiger partial charge in [0.05, 0.1) is 22.5 Å². The van der Waals surface area contributed by atoms with Crippen molar-refractivity contribution >= 4 is 15.9 Å². The number of fused-ring (bicyclic) bond motifs is 4. The Kier molecular flexibility index (Phi) is 8.06. The molecule has 0 radical (unpaired) electrons. The van der Waals surface area contributed by atoms with Crippen LogP contribution in [0.25, 0.3) is 0 Å². The normalized spacial score (nSPS) is 25.5. The summed E-state index contributed by atoms with van der Waals surface area (Å²) >= 11 is 0. The summed E-state index contributed by atoms with van der Waals surface area (Å²) < 4.78 is 70.9. The molecule has 7 nitrogen and oxygen atoms in total. The Morgan fingerprint density at radius 1 is 0.911 bits per heavy atom. The minimum atomic E-state index is -4.67. The number of nitrogens with zero attached hydrogens (tertiary/aromatic N) is 3. The van der Waals surface area contributed by atoms with Gasteiger partial charge in [-0.25, -0.2) is 8.42 Å². The molecule has 1 aromatic heterocycles. The molecule has 3 aromatic rings. The molecule has 4 aliphatic rings. The summed E-state index contributed by atoms with van der Waals surface area (Å²) in [6, 6.07) is 14.4. The third-order valence-electron chi connectivity index (χ3n) is 10.3. The van der Waals surface area contributed by atoms with Crippen molar-refractivity contribution in [2.45, 2.75) is 106 Å². The van der Waals surface area contributed by atoms with Gasteiger partial charge in [-0.2, -0.15) is 17.5 Å². The van der Waals surface area contributed by atoms with Crippen molar-refractivity contribution < 1.29 is 26.4 Å². The maximum absolute atomic E-state index is 13.8. The maximum atomic E-state index is 13.8. The van der Waals surface area contributed by atoms with E-state index in [9.17, 15) is 26.4 Å². The highest BCUT2D eigenvalue weighted by Crippen LogP contribution is 2.39. The molecule has 0 saturated carbocycles. The van der Waals surface area contributed by atoms with Gasteiger partial charge in [-0.15, -0.1) is 0 Å². The van der Waals surface area contributed by atoms with Crippen LogP contribution in [0.15, 0.2) is 65.7 Å². The molecule has 4 heterocycles. The van der Waals surface area contributed by atoms with Crippen LogP contribution in [0.2, 0.25) is 0 Å². The molecule has 2 bridgehead atoms. The third kappa shape index (κ3) is 5.94. The first-order chi connectivity index (χ1) is 21.6. The number of amides is 1. The maximum Gasteiger partial charge on any atom is 0.416 e. The number of halogens is 3. The summed E-state index contributed by atoms with van der Waals surface area (Å²) in [7, 11) is -4.33. The molecule has 2 aromatic carbocycles. The van der Waals surface area contributed by atoms with Gasteiger partial charge in [-0.05, 0) is 92.0 Å². The summed E-state index contributed by atoms with van der Waals surface area (Å²) in [5.41, 5.74) is 3.31. The monoisotopic (exact) mass is 640 g/mol. The fourth-order valence-electron chi connectivity index (χ4n) is 8.14. The van der Waals surface area contributed by atoms with E-state index >= 15 is 0 Å². The first-order valence-electron chi connectivity index (χ1n) is 16.1. The van der Waals surface area contributed by atoms with E-state index in [1.165, 1.54) is 53.6 Å². The molecule has 45 heavy (non-hydrogen) atoms. The quantitative estimate of drug-likeness (QED) is 0.327. The number of aryl methyl sites for hydroxylation is 1. The van der Waals surface area contributed by atoms with Crippen molar-refractivity contribution in [1.82, 2.24) is 19.1 Å². The molecule has 2 saturated heterocycles. The molecule has 2 fully saturated rings. The Morgan fingerprint density at radius 3 is 2.49 bits per heavy atom. The lowest BCUT2D eigenvalue weighted by Crippen LogP contribution is -2.44. The van der Waals surface area contributed by atoms with E-state index in [4.69, 9.17) is 0 Å². The molecule has 4 atom stereocenters. The predicted octanol–water partition coefficient (Wildman–Crippen LogP) is 6.35. The molecular formula is C34H39F3N4O3S. The molecule has 11 heteroatoms. The number of piperidine rings is 1. The predicted molar refractivity (Wildman–Crippen MR) is 164 cm³/mol. The van der Waals surface area contributed by atoms with Gasteiger partial charge in [0.15, 0.2) is 0 Å². The second-order valence-corrected chi connectivity index (χ2v) is 14.9. The summed E-state index contributed by atoms with van der Waals surface area (Å²) in [4.78, 5) is 15.9. The van der Waals surface area contributed by atoms with Gasteiger partial charge in [0.1, 0.15) is 0 Å². The van der Waals surface area contributed by atoms with Crippen molar-refractivity contribution in [3.8, 4) is 0 Å². The lowest BCUT2D eigenvalue weighted by Gasteiger charge is -2.36. The van der Waals surface area contributed by atoms with E-state index in [0.717, 1.165) is 43.5 Å². The van der Waals surface area contributed by atoms with Gasteiger partial charge in [0.2, 0.25) is 15.9 Å². The fraction of sp³-hybridized carbons (Fsp3) is 0.500. The zero-order chi connectivity index (χ0) is 31.3. The first kappa shape index (κ1) is 30.5. The van der Waals surface area contributed by atoms with Gasteiger partial charge in [0, 0.05) is 50.0 Å². The molecule has 4 unspecified atom stereocenters. The largest absolute Gasteiger partial charge is 0.416 e.